The van der Waals surface area contributed by atoms with Gasteiger partial charge in [-0.25, -0.2) is 28.1 Å². The summed E-state index contributed by atoms with van der Waals surface area (Å²) in [6, 6.07) is 5.50. The van der Waals surface area contributed by atoms with E-state index in [4.69, 9.17) is 11.6 Å². The second-order valence-electron chi connectivity index (χ2n) is 5.54. The van der Waals surface area contributed by atoms with E-state index in [1.807, 2.05) is 12.1 Å². The maximum atomic E-state index is 12.7. The van der Waals surface area contributed by atoms with Gasteiger partial charge in [0.1, 0.15) is -0.565 Å². The third-order valence-corrected chi connectivity index (χ3v) is 5.94. The Bertz CT molecular complexity index is 1020. The summed E-state index contributed by atoms with van der Waals surface area (Å²) in [6.45, 7) is 7.08. The van der Waals surface area contributed by atoms with Gasteiger partial charge < -0.3 is 0 Å². The van der Waals surface area contributed by atoms with Crippen LogP contribution in [0, 0.1) is 0 Å². The number of hydrogen-bond acceptors (Lipinski definition) is 3. The molecule has 0 bridgehead atoms. The summed E-state index contributed by atoms with van der Waals surface area (Å²) in [5.74, 6) is 0. The highest BCUT2D eigenvalue weighted by Crippen LogP contribution is 2.46. The molecule has 0 aliphatic rings. The molecular formula is C17H15ClI3N3O3. The van der Waals surface area contributed by atoms with Gasteiger partial charge in [0.05, 0.1) is 19.6 Å². The third kappa shape index (κ3) is 5.15. The van der Waals surface area contributed by atoms with E-state index in [1.54, 1.807) is 6.07 Å². The van der Waals surface area contributed by atoms with Crippen LogP contribution in [0.15, 0.2) is 57.9 Å². The molecule has 0 spiro atoms. The number of alkyl halides is 3. The van der Waals surface area contributed by atoms with Gasteiger partial charge in [0.15, 0.2) is 0 Å². The molecule has 0 radical (unpaired) electrons. The number of allylic oxidation sites excluding steroid dienone is 2. The minimum atomic E-state index is -0.698. The van der Waals surface area contributed by atoms with Gasteiger partial charge in [-0.05, 0) is 85.0 Å². The van der Waals surface area contributed by atoms with Crippen LogP contribution in [-0.4, -0.2) is 13.7 Å². The van der Waals surface area contributed by atoms with Crippen LogP contribution >= 0.6 is 79.4 Å². The smallest absolute Gasteiger partial charge is 0.247 e. The fourth-order valence-electron chi connectivity index (χ4n) is 2.41. The zero-order valence-electron chi connectivity index (χ0n) is 14.0. The average Bonchev–Trinajstić information content (AvgIpc) is 2.59. The molecule has 0 unspecified atom stereocenters. The molecule has 0 saturated heterocycles. The zero-order valence-corrected chi connectivity index (χ0v) is 21.2. The third-order valence-electron chi connectivity index (χ3n) is 3.72. The fourth-order valence-corrected chi connectivity index (χ4v) is 3.66. The van der Waals surface area contributed by atoms with Crippen molar-refractivity contribution in [1.29, 1.82) is 0 Å². The summed E-state index contributed by atoms with van der Waals surface area (Å²) in [6.07, 6.45) is 2.86. The number of nitrogens with zero attached hydrogens (tertiary/aromatic N) is 3. The van der Waals surface area contributed by atoms with Crippen LogP contribution in [0.5, 0.6) is 0 Å². The Morgan fingerprint density at radius 3 is 1.81 bits per heavy atom. The highest BCUT2D eigenvalue weighted by Gasteiger charge is 2.22. The van der Waals surface area contributed by atoms with E-state index in [0.717, 1.165) is 19.3 Å². The number of aromatic nitrogens is 3. The van der Waals surface area contributed by atoms with Crippen molar-refractivity contribution in [1.82, 2.24) is 13.7 Å². The fraction of sp³-hybridized carbons (Fsp3) is 0.235. The molecule has 144 valence electrons. The van der Waals surface area contributed by atoms with Gasteiger partial charge in [-0.3, -0.25) is 0 Å². The lowest BCUT2D eigenvalue weighted by molar-refractivity contribution is 0.498. The van der Waals surface area contributed by atoms with E-state index in [1.165, 1.54) is 12.2 Å². The second kappa shape index (κ2) is 9.39. The predicted octanol–water partition coefficient (Wildman–Crippen LogP) is 3.66. The van der Waals surface area contributed by atoms with E-state index in [2.05, 4.69) is 80.9 Å². The highest BCUT2D eigenvalue weighted by molar-refractivity contribution is 14.3. The van der Waals surface area contributed by atoms with E-state index < -0.39 is 17.1 Å². The molecule has 0 aliphatic heterocycles. The van der Waals surface area contributed by atoms with Crippen molar-refractivity contribution in [2.75, 3.05) is 0 Å². The van der Waals surface area contributed by atoms with Gasteiger partial charge in [-0.1, -0.05) is 35.9 Å². The molecule has 1 aromatic heterocycles. The summed E-state index contributed by atoms with van der Waals surface area (Å²) >= 11 is 13.2. The second-order valence-corrected chi connectivity index (χ2v) is 17.0. The van der Waals surface area contributed by atoms with Crippen LogP contribution < -0.4 is 17.1 Å². The van der Waals surface area contributed by atoms with Crippen LogP contribution in [-0.2, 0) is 19.1 Å². The van der Waals surface area contributed by atoms with Crippen molar-refractivity contribution in [2.45, 2.75) is 19.1 Å². The summed E-state index contributed by atoms with van der Waals surface area (Å²) in [5, 5.41) is 0.449. The monoisotopic (exact) mass is 725 g/mol. The van der Waals surface area contributed by atoms with Crippen LogP contribution in [0.4, 0.5) is 0 Å². The minimum absolute atomic E-state index is 0.00276. The molecule has 0 aliphatic carbocycles. The summed E-state index contributed by atoms with van der Waals surface area (Å²) in [5.41, 5.74) is -0.465. The van der Waals surface area contributed by atoms with Crippen LogP contribution in [0.3, 0.4) is 0 Å². The van der Waals surface area contributed by atoms with Gasteiger partial charge in [0.2, 0.25) is 0 Å². The van der Waals surface area contributed by atoms with E-state index in [-0.39, 0.29) is 19.1 Å². The number of benzene rings is 1. The van der Waals surface area contributed by atoms with Crippen LogP contribution in [0.2, 0.25) is 5.02 Å². The predicted molar refractivity (Wildman–Crippen MR) is 134 cm³/mol. The quantitative estimate of drug-likeness (QED) is 0.249. The summed E-state index contributed by atoms with van der Waals surface area (Å²) in [4.78, 5) is 37.8. The van der Waals surface area contributed by atoms with Crippen LogP contribution in [0.25, 0.3) is 0 Å². The average molecular weight is 725 g/mol. The standard InChI is InChI=1S/C17H15ClI3N3O3/c1-3-7-22-14(25)23(8-4-2)16(27)24(15(22)26)10-11-5-6-12(9-13(11)18)17(19,20)21/h3-6,9H,1-2,7-8,10H2. The molecule has 0 atom stereocenters. The molecule has 1 aromatic carbocycles. The lowest BCUT2D eigenvalue weighted by Gasteiger charge is -2.16. The Morgan fingerprint density at radius 1 is 0.926 bits per heavy atom. The van der Waals surface area contributed by atoms with Gasteiger partial charge in [-0.15, -0.1) is 13.2 Å². The molecule has 2 aromatic rings. The Morgan fingerprint density at radius 2 is 1.41 bits per heavy atom. The Kier molecular flexibility index (Phi) is 7.96. The van der Waals surface area contributed by atoms with Crippen molar-refractivity contribution < 1.29 is 0 Å². The van der Waals surface area contributed by atoms with Gasteiger partial charge >= 0.3 is 17.1 Å². The molecule has 0 saturated carbocycles. The number of hydrogen-bond donors (Lipinski definition) is 0. The summed E-state index contributed by atoms with van der Waals surface area (Å²) in [7, 11) is 0. The Hall–Kier alpha value is -0.410. The SMILES string of the molecule is C=CCn1c(=O)n(CC=C)c(=O)n(Cc2ccc(C(I)(I)I)cc2Cl)c1=O. The molecule has 10 heteroatoms. The molecular weight excluding hydrogens is 710 g/mol. The van der Waals surface area contributed by atoms with Gasteiger partial charge in [0, 0.05) is 5.02 Å². The minimum Gasteiger partial charge on any atom is -0.247 e. The number of rotatable bonds is 7. The molecule has 6 nitrogen and oxygen atoms in total. The van der Waals surface area contributed by atoms with Crippen molar-refractivity contribution in [3.63, 3.8) is 0 Å². The summed E-state index contributed by atoms with van der Waals surface area (Å²) < 4.78 is 2.76. The first-order chi connectivity index (χ1) is 12.6. The largest absolute Gasteiger partial charge is 0.336 e. The molecule has 0 amide bonds. The van der Waals surface area contributed by atoms with Crippen molar-refractivity contribution >= 4 is 79.4 Å². The first kappa shape index (κ1) is 22.9. The van der Waals surface area contributed by atoms with E-state index in [0.29, 0.717) is 10.6 Å². The van der Waals surface area contributed by atoms with Gasteiger partial charge in [-0.2, -0.15) is 0 Å². The Balaban J connectivity index is 2.64. The number of halogens is 4. The zero-order chi connectivity index (χ0) is 20.4. The Labute approximate surface area is 201 Å². The maximum absolute atomic E-state index is 12.7. The molecule has 0 fully saturated rings. The van der Waals surface area contributed by atoms with Crippen molar-refractivity contribution in [2.24, 2.45) is 0 Å². The highest BCUT2D eigenvalue weighted by atomic mass is 127. The van der Waals surface area contributed by atoms with E-state index >= 15 is 0 Å². The molecule has 2 rings (SSSR count). The van der Waals surface area contributed by atoms with Crippen LogP contribution in [0.1, 0.15) is 11.1 Å². The maximum Gasteiger partial charge on any atom is 0.336 e. The first-order valence-corrected chi connectivity index (χ1v) is 11.2. The van der Waals surface area contributed by atoms with Gasteiger partial charge in [0.25, 0.3) is 0 Å². The van der Waals surface area contributed by atoms with Crippen molar-refractivity contribution in [3.8, 4) is 0 Å². The molecule has 0 N–H and O–H groups in total. The lowest BCUT2D eigenvalue weighted by atomic mass is 10.1. The topological polar surface area (TPSA) is 66.0 Å². The normalized spacial score (nSPS) is 11.4. The first-order valence-electron chi connectivity index (χ1n) is 7.63. The molecule has 1 heterocycles. The lowest BCUT2D eigenvalue weighted by Crippen LogP contribution is -2.54. The van der Waals surface area contributed by atoms with Crippen molar-refractivity contribution in [3.05, 3.63) is 91.1 Å². The van der Waals surface area contributed by atoms with E-state index in [9.17, 15) is 14.4 Å². The molecule has 27 heavy (non-hydrogen) atoms.